The lowest BCUT2D eigenvalue weighted by molar-refractivity contribution is -0.187. The van der Waals surface area contributed by atoms with Crippen LogP contribution in [0.1, 0.15) is 18.9 Å². The Morgan fingerprint density at radius 3 is 2.63 bits per heavy atom. The molecule has 2 atom stereocenters. The van der Waals surface area contributed by atoms with E-state index in [1.807, 2.05) is 0 Å². The van der Waals surface area contributed by atoms with Crippen LogP contribution in [0.3, 0.4) is 0 Å². The van der Waals surface area contributed by atoms with Crippen molar-refractivity contribution in [2.75, 3.05) is 0 Å². The second kappa shape index (κ2) is 4.47. The number of nitrogens with zero attached hydrogens (tertiary/aromatic N) is 1. The van der Waals surface area contributed by atoms with Gasteiger partial charge in [0.15, 0.2) is 0 Å². The molecule has 1 heterocycles. The summed E-state index contributed by atoms with van der Waals surface area (Å²) in [6.07, 6.45) is -4.90. The van der Waals surface area contributed by atoms with Crippen LogP contribution in [-0.4, -0.2) is 12.0 Å². The molecule has 0 radical (unpaired) electrons. The fraction of sp³-hybridized carbons (Fsp3) is 0.417. The van der Waals surface area contributed by atoms with Gasteiger partial charge in [0.05, 0.1) is 17.3 Å². The normalized spacial score (nSPS) is 27.5. The van der Waals surface area contributed by atoms with Crippen molar-refractivity contribution in [3.63, 3.8) is 0 Å². The molecular weight excluding hydrogens is 328 g/mol. The van der Waals surface area contributed by atoms with E-state index in [9.17, 15) is 17.6 Å². The maximum absolute atomic E-state index is 13.9. The summed E-state index contributed by atoms with van der Waals surface area (Å²) in [4.78, 5) is 3.85. The molecule has 2 N–H and O–H groups in total. The molecule has 0 spiro atoms. The lowest BCUT2D eigenvalue weighted by Gasteiger charge is -2.31. The summed E-state index contributed by atoms with van der Waals surface area (Å²) in [5.41, 5.74) is 3.61. The number of halogens is 5. The van der Waals surface area contributed by atoms with Crippen LogP contribution >= 0.6 is 15.9 Å². The highest BCUT2D eigenvalue weighted by Crippen LogP contribution is 2.49. The predicted molar refractivity (Wildman–Crippen MR) is 67.2 cm³/mol. The summed E-state index contributed by atoms with van der Waals surface area (Å²) < 4.78 is 53.6. The van der Waals surface area contributed by atoms with Crippen LogP contribution in [0.5, 0.6) is 0 Å². The van der Waals surface area contributed by atoms with E-state index in [-0.39, 0.29) is 11.4 Å². The van der Waals surface area contributed by atoms with E-state index in [0.29, 0.717) is 4.47 Å². The highest BCUT2D eigenvalue weighted by Gasteiger charge is 2.56. The number of alkyl halides is 3. The average molecular weight is 339 g/mol. The van der Waals surface area contributed by atoms with Crippen LogP contribution in [0.15, 0.2) is 27.7 Å². The van der Waals surface area contributed by atoms with E-state index >= 15 is 0 Å². The van der Waals surface area contributed by atoms with E-state index in [1.165, 1.54) is 19.1 Å². The first-order valence-electron chi connectivity index (χ1n) is 5.51. The lowest BCUT2D eigenvalue weighted by Crippen LogP contribution is -2.38. The molecular formula is C12H11BrF4N2. The van der Waals surface area contributed by atoms with Crippen molar-refractivity contribution in [3.8, 4) is 0 Å². The number of aliphatic imine (C=N–C) groups is 1. The van der Waals surface area contributed by atoms with Crippen molar-refractivity contribution in [2.24, 2.45) is 16.6 Å². The molecule has 1 aliphatic heterocycles. The highest BCUT2D eigenvalue weighted by atomic mass is 79.9. The molecule has 7 heteroatoms. The number of benzene rings is 1. The maximum atomic E-state index is 13.9. The zero-order valence-electron chi connectivity index (χ0n) is 9.93. The summed E-state index contributed by atoms with van der Waals surface area (Å²) >= 11 is 3.13. The molecule has 1 aromatic rings. The largest absolute Gasteiger partial charge is 0.394 e. The van der Waals surface area contributed by atoms with Crippen molar-refractivity contribution >= 4 is 21.8 Å². The van der Waals surface area contributed by atoms with Crippen LogP contribution in [0.4, 0.5) is 17.6 Å². The Labute approximate surface area is 115 Å². The van der Waals surface area contributed by atoms with Crippen molar-refractivity contribution in [2.45, 2.75) is 25.1 Å². The molecule has 0 bridgehead atoms. The fourth-order valence-electron chi connectivity index (χ4n) is 2.40. The molecule has 0 aliphatic carbocycles. The first-order chi connectivity index (χ1) is 8.64. The Kier molecular flexibility index (Phi) is 3.36. The molecule has 2 rings (SSSR count). The van der Waals surface area contributed by atoms with Crippen LogP contribution in [0.25, 0.3) is 0 Å². The van der Waals surface area contributed by atoms with Crippen LogP contribution in [0.2, 0.25) is 0 Å². The molecule has 2 nitrogen and oxygen atoms in total. The molecule has 0 fully saturated rings. The Morgan fingerprint density at radius 2 is 2.05 bits per heavy atom. The van der Waals surface area contributed by atoms with Crippen LogP contribution in [-0.2, 0) is 5.54 Å². The summed E-state index contributed by atoms with van der Waals surface area (Å²) in [6.45, 7) is 1.26. The van der Waals surface area contributed by atoms with E-state index in [0.717, 1.165) is 6.07 Å². The van der Waals surface area contributed by atoms with Gasteiger partial charge in [0.25, 0.3) is 0 Å². The molecule has 1 aromatic carbocycles. The standard InChI is InChI=1S/C12H11BrF4N2/c1-11(7-4-6(13)2-3-8(7)14)9(12(15,16)17)5-10(18)19-11/h2-4,9H,5H2,1H3,(H2,18,19)/t9-,11-/m1/s1. The van der Waals surface area contributed by atoms with E-state index in [2.05, 4.69) is 20.9 Å². The summed E-state index contributed by atoms with van der Waals surface area (Å²) in [5, 5.41) is 0. The zero-order chi connectivity index (χ0) is 14.4. The van der Waals surface area contributed by atoms with Crippen LogP contribution < -0.4 is 5.73 Å². The van der Waals surface area contributed by atoms with Gasteiger partial charge in [-0.05, 0) is 25.1 Å². The topological polar surface area (TPSA) is 38.4 Å². The van der Waals surface area contributed by atoms with Crippen molar-refractivity contribution in [1.82, 2.24) is 0 Å². The monoisotopic (exact) mass is 338 g/mol. The van der Waals surface area contributed by atoms with Gasteiger partial charge < -0.3 is 5.73 Å². The fourth-order valence-corrected chi connectivity index (χ4v) is 2.76. The van der Waals surface area contributed by atoms with Gasteiger partial charge >= 0.3 is 6.18 Å². The van der Waals surface area contributed by atoms with E-state index in [1.54, 1.807) is 0 Å². The molecule has 0 aromatic heterocycles. The van der Waals surface area contributed by atoms with Gasteiger partial charge in [0, 0.05) is 16.5 Å². The van der Waals surface area contributed by atoms with Gasteiger partial charge in [-0.25, -0.2) is 4.39 Å². The van der Waals surface area contributed by atoms with Crippen molar-refractivity contribution in [1.29, 1.82) is 0 Å². The van der Waals surface area contributed by atoms with Gasteiger partial charge in [-0.1, -0.05) is 15.9 Å². The van der Waals surface area contributed by atoms with Gasteiger partial charge in [-0.15, -0.1) is 0 Å². The SMILES string of the molecule is C[C@]1(c2cc(Br)ccc2F)N=C(N)C[C@H]1C(F)(F)F. The first-order valence-corrected chi connectivity index (χ1v) is 6.30. The van der Waals surface area contributed by atoms with Gasteiger partial charge in [0.1, 0.15) is 5.82 Å². The Balaban J connectivity index is 2.59. The Morgan fingerprint density at radius 1 is 1.42 bits per heavy atom. The molecule has 0 unspecified atom stereocenters. The van der Waals surface area contributed by atoms with E-state index < -0.39 is 29.9 Å². The Hall–Kier alpha value is -1.11. The summed E-state index contributed by atoms with van der Waals surface area (Å²) in [7, 11) is 0. The minimum Gasteiger partial charge on any atom is -0.387 e. The van der Waals surface area contributed by atoms with Crippen molar-refractivity contribution in [3.05, 3.63) is 34.1 Å². The minimum absolute atomic E-state index is 0.107. The third kappa shape index (κ3) is 2.48. The maximum Gasteiger partial charge on any atom is 0.394 e. The molecule has 0 amide bonds. The summed E-state index contributed by atoms with van der Waals surface area (Å²) in [6, 6.07) is 3.85. The number of nitrogens with two attached hydrogens (primary N) is 1. The molecule has 1 aliphatic rings. The van der Waals surface area contributed by atoms with Crippen molar-refractivity contribution < 1.29 is 17.6 Å². The smallest absolute Gasteiger partial charge is 0.387 e. The van der Waals surface area contributed by atoms with Gasteiger partial charge in [-0.2, -0.15) is 13.2 Å². The molecule has 0 saturated carbocycles. The molecule has 0 saturated heterocycles. The molecule has 19 heavy (non-hydrogen) atoms. The number of hydrogen-bond donors (Lipinski definition) is 1. The first kappa shape index (κ1) is 14.3. The third-order valence-electron chi connectivity index (χ3n) is 3.34. The van der Waals surface area contributed by atoms with Gasteiger partial charge in [0.2, 0.25) is 0 Å². The lowest BCUT2D eigenvalue weighted by atomic mass is 9.80. The Bertz CT molecular complexity index is 541. The van der Waals surface area contributed by atoms with Crippen LogP contribution in [0, 0.1) is 11.7 Å². The quantitative estimate of drug-likeness (QED) is 0.778. The second-order valence-electron chi connectivity index (χ2n) is 4.67. The third-order valence-corrected chi connectivity index (χ3v) is 3.83. The summed E-state index contributed by atoms with van der Waals surface area (Å²) in [5.74, 6) is -2.65. The van der Waals surface area contributed by atoms with Gasteiger partial charge in [-0.3, -0.25) is 4.99 Å². The number of rotatable bonds is 1. The predicted octanol–water partition coefficient (Wildman–Crippen LogP) is 3.74. The second-order valence-corrected chi connectivity index (χ2v) is 5.59. The van der Waals surface area contributed by atoms with E-state index in [4.69, 9.17) is 5.73 Å². The average Bonchev–Trinajstić information content (AvgIpc) is 2.58. The molecule has 104 valence electrons. The zero-order valence-corrected chi connectivity index (χ0v) is 11.5. The number of hydrogen-bond acceptors (Lipinski definition) is 2. The highest BCUT2D eigenvalue weighted by molar-refractivity contribution is 9.10. The number of amidine groups is 1. The minimum atomic E-state index is -4.49.